The van der Waals surface area contributed by atoms with Crippen LogP contribution >= 0.6 is 11.8 Å². The maximum atomic E-state index is 12.0. The van der Waals surface area contributed by atoms with Crippen molar-refractivity contribution in [3.05, 3.63) is 40.7 Å². The highest BCUT2D eigenvalue weighted by Crippen LogP contribution is 2.25. The fraction of sp³-hybridized carbons (Fsp3) is 0.182. The Labute approximate surface area is 118 Å². The van der Waals surface area contributed by atoms with Gasteiger partial charge in [-0.1, -0.05) is 23.9 Å². The van der Waals surface area contributed by atoms with Crippen molar-refractivity contribution in [2.45, 2.75) is 17.3 Å². The molecule has 0 saturated heterocycles. The lowest BCUT2D eigenvalue weighted by Gasteiger charge is -2.10. The van der Waals surface area contributed by atoms with Crippen LogP contribution in [0.3, 0.4) is 0 Å². The molecule has 2 N–H and O–H groups in total. The highest BCUT2D eigenvalue weighted by molar-refractivity contribution is 8.00. The number of anilines is 1. The van der Waals surface area contributed by atoms with Crippen LogP contribution < -0.4 is 5.32 Å². The molecule has 0 fully saturated rings. The lowest BCUT2D eigenvalue weighted by molar-refractivity contribution is -0.383. The van der Waals surface area contributed by atoms with Crippen LogP contribution in [0, 0.1) is 10.1 Å². The largest absolute Gasteiger partial charge is 0.319 e. The van der Waals surface area contributed by atoms with Gasteiger partial charge >= 0.3 is 0 Å². The number of carbonyl (C=O) groups is 1. The zero-order valence-corrected chi connectivity index (χ0v) is 11.3. The molecule has 0 saturated carbocycles. The molecule has 2 aromatic rings. The minimum absolute atomic E-state index is 0.141. The number of nitro benzene ring substituents is 1. The molecule has 104 valence electrons. The number of hydrogen-bond acceptors (Lipinski definition) is 6. The number of aromatic nitrogens is 3. The van der Waals surface area contributed by atoms with Gasteiger partial charge < -0.3 is 5.32 Å². The predicted molar refractivity (Wildman–Crippen MR) is 73.4 cm³/mol. The summed E-state index contributed by atoms with van der Waals surface area (Å²) in [5.74, 6) is -0.347. The van der Waals surface area contributed by atoms with Crippen LogP contribution in [-0.2, 0) is 4.79 Å². The first kappa shape index (κ1) is 14.0. The van der Waals surface area contributed by atoms with Gasteiger partial charge in [0.15, 0.2) is 5.16 Å². The maximum Gasteiger partial charge on any atom is 0.292 e. The first-order valence-electron chi connectivity index (χ1n) is 5.64. The SMILES string of the molecule is C[C@@H](Sc1ncn[nH]1)C(=O)Nc1ccccc1[N+](=O)[O-]. The smallest absolute Gasteiger partial charge is 0.292 e. The molecule has 20 heavy (non-hydrogen) atoms. The molecule has 0 bridgehead atoms. The first-order valence-corrected chi connectivity index (χ1v) is 6.52. The summed E-state index contributed by atoms with van der Waals surface area (Å²) in [4.78, 5) is 26.2. The van der Waals surface area contributed by atoms with Crippen LogP contribution in [0.4, 0.5) is 11.4 Å². The zero-order valence-electron chi connectivity index (χ0n) is 10.4. The normalized spacial score (nSPS) is 11.8. The fourth-order valence-electron chi connectivity index (χ4n) is 1.44. The van der Waals surface area contributed by atoms with E-state index in [2.05, 4.69) is 20.5 Å². The van der Waals surface area contributed by atoms with Gasteiger partial charge in [0, 0.05) is 6.07 Å². The highest BCUT2D eigenvalue weighted by Gasteiger charge is 2.20. The summed E-state index contributed by atoms with van der Waals surface area (Å²) in [5, 5.41) is 19.7. The number of nitro groups is 1. The summed E-state index contributed by atoms with van der Waals surface area (Å²) in [6.45, 7) is 1.68. The Balaban J connectivity index is 2.06. The summed E-state index contributed by atoms with van der Waals surface area (Å²) >= 11 is 1.18. The number of nitrogens with zero attached hydrogens (tertiary/aromatic N) is 3. The van der Waals surface area contributed by atoms with Crippen LogP contribution in [0.5, 0.6) is 0 Å². The average Bonchev–Trinajstić information content (AvgIpc) is 2.91. The Morgan fingerprint density at radius 3 is 2.90 bits per heavy atom. The van der Waals surface area contributed by atoms with Crippen molar-refractivity contribution in [2.75, 3.05) is 5.32 Å². The molecule has 0 radical (unpaired) electrons. The Kier molecular flexibility index (Phi) is 4.31. The summed E-state index contributed by atoms with van der Waals surface area (Å²) in [7, 11) is 0. The number of amides is 1. The number of hydrogen-bond donors (Lipinski definition) is 2. The third-order valence-corrected chi connectivity index (χ3v) is 3.40. The first-order chi connectivity index (χ1) is 9.58. The van der Waals surface area contributed by atoms with Crippen molar-refractivity contribution < 1.29 is 9.72 Å². The van der Waals surface area contributed by atoms with Crippen molar-refractivity contribution in [2.24, 2.45) is 0 Å². The van der Waals surface area contributed by atoms with E-state index in [0.717, 1.165) is 0 Å². The number of aromatic amines is 1. The van der Waals surface area contributed by atoms with E-state index in [1.165, 1.54) is 30.2 Å². The van der Waals surface area contributed by atoms with E-state index in [1.807, 2.05) is 0 Å². The number of nitrogens with one attached hydrogen (secondary N) is 2. The monoisotopic (exact) mass is 293 g/mol. The number of benzene rings is 1. The van der Waals surface area contributed by atoms with Crippen LogP contribution in [-0.4, -0.2) is 31.3 Å². The van der Waals surface area contributed by atoms with Crippen LogP contribution in [0.1, 0.15) is 6.92 Å². The highest BCUT2D eigenvalue weighted by atomic mass is 32.2. The molecule has 0 aliphatic rings. The molecular formula is C11H11N5O3S. The molecule has 1 heterocycles. The molecular weight excluding hydrogens is 282 g/mol. The molecule has 1 amide bonds. The Morgan fingerprint density at radius 1 is 1.50 bits per heavy atom. The molecule has 2 rings (SSSR count). The molecule has 1 aromatic carbocycles. The number of H-pyrrole nitrogens is 1. The average molecular weight is 293 g/mol. The number of thioether (sulfide) groups is 1. The van der Waals surface area contributed by atoms with Crippen molar-refractivity contribution in [1.29, 1.82) is 0 Å². The van der Waals surface area contributed by atoms with Gasteiger partial charge in [-0.15, -0.1) is 0 Å². The van der Waals surface area contributed by atoms with Gasteiger partial charge in [-0.25, -0.2) is 4.98 Å². The number of rotatable bonds is 5. The van der Waals surface area contributed by atoms with Crippen LogP contribution in [0.15, 0.2) is 35.7 Å². The van der Waals surface area contributed by atoms with Gasteiger partial charge in [0.1, 0.15) is 12.0 Å². The second kappa shape index (κ2) is 6.15. The summed E-state index contributed by atoms with van der Waals surface area (Å²) < 4.78 is 0. The molecule has 0 aliphatic carbocycles. The summed E-state index contributed by atoms with van der Waals surface area (Å²) in [5.41, 5.74) is 0.0326. The second-order valence-electron chi connectivity index (χ2n) is 3.81. The van der Waals surface area contributed by atoms with Gasteiger partial charge in [-0.2, -0.15) is 5.10 Å². The van der Waals surface area contributed by atoms with E-state index in [1.54, 1.807) is 19.1 Å². The van der Waals surface area contributed by atoms with E-state index in [4.69, 9.17) is 0 Å². The molecule has 1 aromatic heterocycles. The minimum atomic E-state index is -0.538. The lowest BCUT2D eigenvalue weighted by Crippen LogP contribution is -2.23. The Bertz CT molecular complexity index is 616. The lowest BCUT2D eigenvalue weighted by atomic mass is 10.2. The predicted octanol–water partition coefficient (Wildman–Crippen LogP) is 1.83. The number of para-hydroxylation sites is 2. The minimum Gasteiger partial charge on any atom is -0.319 e. The molecule has 1 atom stereocenters. The standard InChI is InChI=1S/C11H11N5O3S/c1-7(20-11-12-6-13-15-11)10(17)14-8-4-2-3-5-9(8)16(18)19/h2-7H,1H3,(H,14,17)(H,12,13,15)/t7-/m1/s1. The van der Waals surface area contributed by atoms with E-state index in [-0.39, 0.29) is 17.3 Å². The van der Waals surface area contributed by atoms with Crippen molar-refractivity contribution in [3.8, 4) is 0 Å². The maximum absolute atomic E-state index is 12.0. The van der Waals surface area contributed by atoms with Crippen molar-refractivity contribution in [1.82, 2.24) is 15.2 Å². The second-order valence-corrected chi connectivity index (χ2v) is 5.14. The quantitative estimate of drug-likeness (QED) is 0.494. The molecule has 9 heteroatoms. The van der Waals surface area contributed by atoms with E-state index in [9.17, 15) is 14.9 Å². The van der Waals surface area contributed by atoms with Crippen LogP contribution in [0.25, 0.3) is 0 Å². The molecule has 8 nitrogen and oxygen atoms in total. The van der Waals surface area contributed by atoms with Crippen LogP contribution in [0.2, 0.25) is 0 Å². The third-order valence-electron chi connectivity index (χ3n) is 2.41. The molecule has 0 aliphatic heterocycles. The van der Waals surface area contributed by atoms with Gasteiger partial charge in [0.2, 0.25) is 5.91 Å². The summed E-state index contributed by atoms with van der Waals surface area (Å²) in [6.07, 6.45) is 1.34. The zero-order chi connectivity index (χ0) is 14.5. The fourth-order valence-corrected chi connectivity index (χ4v) is 2.16. The van der Waals surface area contributed by atoms with E-state index >= 15 is 0 Å². The van der Waals surface area contributed by atoms with Gasteiger partial charge in [-0.3, -0.25) is 20.0 Å². The van der Waals surface area contributed by atoms with Crippen molar-refractivity contribution >= 4 is 29.0 Å². The van der Waals surface area contributed by atoms with E-state index < -0.39 is 10.2 Å². The third kappa shape index (κ3) is 3.32. The Morgan fingerprint density at radius 2 is 2.25 bits per heavy atom. The van der Waals surface area contributed by atoms with Crippen molar-refractivity contribution in [3.63, 3.8) is 0 Å². The topological polar surface area (TPSA) is 114 Å². The van der Waals surface area contributed by atoms with Gasteiger partial charge in [0.25, 0.3) is 5.69 Å². The molecule has 0 spiro atoms. The van der Waals surface area contributed by atoms with Gasteiger partial charge in [0.05, 0.1) is 10.2 Å². The summed E-state index contributed by atoms with van der Waals surface area (Å²) in [6, 6.07) is 5.99. The van der Waals surface area contributed by atoms with Gasteiger partial charge in [-0.05, 0) is 13.0 Å². The number of carbonyl (C=O) groups excluding carboxylic acids is 1. The molecule has 0 unspecified atom stereocenters. The Hall–Kier alpha value is -2.42. The van der Waals surface area contributed by atoms with E-state index in [0.29, 0.717) is 5.16 Å².